The summed E-state index contributed by atoms with van der Waals surface area (Å²) in [7, 11) is 0. The van der Waals surface area contributed by atoms with Gasteiger partial charge in [0.1, 0.15) is 5.82 Å². The molecular formula is C26H29N7O. The van der Waals surface area contributed by atoms with E-state index in [-0.39, 0.29) is 6.10 Å². The number of nitrogens with one attached hydrogen (secondary N) is 1. The number of aromatic nitrogens is 2. The molecule has 4 rings (SSSR count). The van der Waals surface area contributed by atoms with Crippen molar-refractivity contribution in [2.75, 3.05) is 36.8 Å². The van der Waals surface area contributed by atoms with Crippen LogP contribution < -0.4 is 15.4 Å². The molecule has 174 valence electrons. The first kappa shape index (κ1) is 23.2. The van der Waals surface area contributed by atoms with Gasteiger partial charge < -0.3 is 15.4 Å². The lowest BCUT2D eigenvalue weighted by molar-refractivity contribution is 0.232. The number of anilines is 2. The lowest BCUT2D eigenvalue weighted by Gasteiger charge is -2.35. The second kappa shape index (κ2) is 10.3. The van der Waals surface area contributed by atoms with E-state index in [0.717, 1.165) is 49.7 Å². The summed E-state index contributed by atoms with van der Waals surface area (Å²) in [5.41, 5.74) is 10.1. The zero-order valence-electron chi connectivity index (χ0n) is 19.5. The fourth-order valence-electron chi connectivity index (χ4n) is 4.00. The standard InChI is InChI=1S/C26H29N7O/c1-18(2)34-25-14-22(23(28)16-31-25)26(29)21-6-7-30-24(13-21)33-10-8-32(9-11-33)17-20-5-3-4-19(12-20)15-27/h3-7,12-14,16,18,29H,8-11,17,28H2,1-2H3. The van der Waals surface area contributed by atoms with Crippen molar-refractivity contribution in [2.45, 2.75) is 26.5 Å². The number of hydrogen-bond donors (Lipinski definition) is 2. The van der Waals surface area contributed by atoms with Gasteiger partial charge >= 0.3 is 0 Å². The SMILES string of the molecule is CC(C)Oc1cc(C(=N)c2ccnc(N3CCN(Cc4cccc(C#N)c4)CC3)c2)c(N)cn1. The normalized spacial score (nSPS) is 14.1. The molecule has 3 heterocycles. The summed E-state index contributed by atoms with van der Waals surface area (Å²) in [6.07, 6.45) is 3.26. The molecule has 0 atom stereocenters. The van der Waals surface area contributed by atoms with Crippen molar-refractivity contribution >= 4 is 17.2 Å². The first-order chi connectivity index (χ1) is 16.4. The van der Waals surface area contributed by atoms with Crippen LogP contribution >= 0.6 is 0 Å². The van der Waals surface area contributed by atoms with Crippen LogP contribution in [-0.2, 0) is 6.54 Å². The Morgan fingerprint density at radius 3 is 2.68 bits per heavy atom. The van der Waals surface area contributed by atoms with Gasteiger partial charge in [0.25, 0.3) is 0 Å². The molecule has 8 heteroatoms. The van der Waals surface area contributed by atoms with Gasteiger partial charge in [-0.05, 0) is 43.7 Å². The Morgan fingerprint density at radius 1 is 1.15 bits per heavy atom. The molecule has 0 unspecified atom stereocenters. The van der Waals surface area contributed by atoms with Gasteiger partial charge in [0.15, 0.2) is 0 Å². The fourth-order valence-corrected chi connectivity index (χ4v) is 4.00. The van der Waals surface area contributed by atoms with E-state index in [0.29, 0.717) is 28.4 Å². The van der Waals surface area contributed by atoms with Crippen molar-refractivity contribution in [2.24, 2.45) is 0 Å². The van der Waals surface area contributed by atoms with E-state index in [4.69, 9.17) is 21.1 Å². The molecule has 1 aromatic carbocycles. The zero-order valence-corrected chi connectivity index (χ0v) is 19.5. The molecule has 1 aliphatic rings. The Labute approximate surface area is 200 Å². The van der Waals surface area contributed by atoms with Crippen molar-refractivity contribution in [1.29, 1.82) is 10.7 Å². The molecule has 1 saturated heterocycles. The number of rotatable bonds is 7. The van der Waals surface area contributed by atoms with Gasteiger partial charge in [-0.25, -0.2) is 9.97 Å². The molecule has 0 amide bonds. The third-order valence-electron chi connectivity index (χ3n) is 5.73. The van der Waals surface area contributed by atoms with Crippen molar-refractivity contribution < 1.29 is 4.74 Å². The molecule has 3 N–H and O–H groups in total. The summed E-state index contributed by atoms with van der Waals surface area (Å²) in [4.78, 5) is 13.4. The minimum absolute atomic E-state index is 0.0142. The second-order valence-electron chi connectivity index (χ2n) is 8.63. The van der Waals surface area contributed by atoms with Crippen LogP contribution in [0.15, 0.2) is 54.9 Å². The number of piperazine rings is 1. The number of nitrogens with two attached hydrogens (primary N) is 1. The smallest absolute Gasteiger partial charge is 0.214 e. The van der Waals surface area contributed by atoms with E-state index in [1.165, 1.54) is 6.20 Å². The van der Waals surface area contributed by atoms with Crippen molar-refractivity contribution in [1.82, 2.24) is 14.9 Å². The predicted octanol–water partition coefficient (Wildman–Crippen LogP) is 3.46. The third-order valence-corrected chi connectivity index (χ3v) is 5.73. The first-order valence-corrected chi connectivity index (χ1v) is 11.4. The summed E-state index contributed by atoms with van der Waals surface area (Å²) < 4.78 is 5.68. The Hall–Kier alpha value is -3.96. The number of benzene rings is 1. The van der Waals surface area contributed by atoms with Crippen molar-refractivity contribution in [3.63, 3.8) is 0 Å². The quantitative estimate of drug-likeness (QED) is 0.524. The summed E-state index contributed by atoms with van der Waals surface area (Å²) in [6, 6.07) is 15.5. The number of nitrogens with zero attached hydrogens (tertiary/aromatic N) is 5. The number of hydrogen-bond acceptors (Lipinski definition) is 8. The predicted molar refractivity (Wildman–Crippen MR) is 133 cm³/mol. The summed E-state index contributed by atoms with van der Waals surface area (Å²) in [5, 5.41) is 17.9. The van der Waals surface area contributed by atoms with E-state index < -0.39 is 0 Å². The molecular weight excluding hydrogens is 426 g/mol. The molecule has 0 aliphatic carbocycles. The molecule has 1 fully saturated rings. The van der Waals surface area contributed by atoms with E-state index in [1.54, 1.807) is 12.3 Å². The van der Waals surface area contributed by atoms with Gasteiger partial charge in [-0.15, -0.1) is 0 Å². The lowest BCUT2D eigenvalue weighted by atomic mass is 10.0. The maximum atomic E-state index is 9.12. The van der Waals surface area contributed by atoms with Gasteiger partial charge in [0.2, 0.25) is 5.88 Å². The Balaban J connectivity index is 1.43. The van der Waals surface area contributed by atoms with Gasteiger partial charge in [-0.3, -0.25) is 10.3 Å². The van der Waals surface area contributed by atoms with Crippen molar-refractivity contribution in [3.05, 3.63) is 77.1 Å². The zero-order chi connectivity index (χ0) is 24.1. The molecule has 8 nitrogen and oxygen atoms in total. The molecule has 0 saturated carbocycles. The highest BCUT2D eigenvalue weighted by Crippen LogP contribution is 2.23. The van der Waals surface area contributed by atoms with Crippen LogP contribution in [0.5, 0.6) is 5.88 Å². The number of ether oxygens (including phenoxy) is 1. The van der Waals surface area contributed by atoms with Crippen LogP contribution in [-0.4, -0.2) is 52.9 Å². The number of pyridine rings is 2. The van der Waals surface area contributed by atoms with Crippen LogP contribution in [0.4, 0.5) is 11.5 Å². The molecule has 1 aliphatic heterocycles. The highest BCUT2D eigenvalue weighted by atomic mass is 16.5. The minimum atomic E-state index is -0.0142. The summed E-state index contributed by atoms with van der Waals surface area (Å²) in [5.74, 6) is 1.30. The molecule has 2 aromatic heterocycles. The summed E-state index contributed by atoms with van der Waals surface area (Å²) >= 11 is 0. The van der Waals surface area contributed by atoms with Gasteiger partial charge in [-0.1, -0.05) is 12.1 Å². The second-order valence-corrected chi connectivity index (χ2v) is 8.63. The Bertz CT molecular complexity index is 1210. The first-order valence-electron chi connectivity index (χ1n) is 11.4. The molecule has 0 radical (unpaired) electrons. The van der Waals surface area contributed by atoms with Crippen LogP contribution in [0.1, 0.15) is 36.1 Å². The van der Waals surface area contributed by atoms with Crippen molar-refractivity contribution in [3.8, 4) is 11.9 Å². The average Bonchev–Trinajstić information content (AvgIpc) is 2.85. The molecule has 3 aromatic rings. The minimum Gasteiger partial charge on any atom is -0.475 e. The monoisotopic (exact) mass is 455 g/mol. The topological polar surface area (TPSA) is 115 Å². The Kier molecular flexibility index (Phi) is 7.04. The summed E-state index contributed by atoms with van der Waals surface area (Å²) in [6.45, 7) is 8.16. The van der Waals surface area contributed by atoms with Gasteiger partial charge in [0.05, 0.1) is 35.3 Å². The number of nitriles is 1. The van der Waals surface area contributed by atoms with E-state index in [2.05, 4.69) is 31.9 Å². The van der Waals surface area contributed by atoms with Crippen LogP contribution in [0.3, 0.4) is 0 Å². The largest absolute Gasteiger partial charge is 0.475 e. The number of nitrogen functional groups attached to an aromatic ring is 1. The van der Waals surface area contributed by atoms with E-state index in [1.807, 2.05) is 44.2 Å². The third kappa shape index (κ3) is 5.50. The Morgan fingerprint density at radius 2 is 1.94 bits per heavy atom. The van der Waals surface area contributed by atoms with Crippen LogP contribution in [0.25, 0.3) is 0 Å². The molecule has 0 spiro atoms. The van der Waals surface area contributed by atoms with Crippen LogP contribution in [0.2, 0.25) is 0 Å². The molecule has 34 heavy (non-hydrogen) atoms. The highest BCUT2D eigenvalue weighted by molar-refractivity contribution is 6.14. The van der Waals surface area contributed by atoms with Gasteiger partial charge in [0, 0.05) is 56.1 Å². The molecule has 0 bridgehead atoms. The fraction of sp³-hybridized carbons (Fsp3) is 0.308. The van der Waals surface area contributed by atoms with Gasteiger partial charge in [-0.2, -0.15) is 5.26 Å². The maximum absolute atomic E-state index is 9.12. The maximum Gasteiger partial charge on any atom is 0.214 e. The van der Waals surface area contributed by atoms with Crippen LogP contribution in [0, 0.1) is 16.7 Å². The van der Waals surface area contributed by atoms with E-state index in [9.17, 15) is 0 Å². The average molecular weight is 456 g/mol. The van der Waals surface area contributed by atoms with E-state index >= 15 is 0 Å². The highest BCUT2D eigenvalue weighted by Gasteiger charge is 2.20. The lowest BCUT2D eigenvalue weighted by Crippen LogP contribution is -2.46.